The normalized spacial score (nSPS) is 19.7. The SMILES string of the molecule is C=CC[C@]1(NS(=O)(=O)c2ccccc2[N+](=O)[O-])CN(C(C)(C)C(=O)OC)C1=O. The molecule has 0 aromatic heterocycles. The maximum atomic E-state index is 12.9. The maximum Gasteiger partial charge on any atom is 0.331 e. The molecule has 0 unspecified atom stereocenters. The molecular weight excluding hydrogens is 390 g/mol. The van der Waals surface area contributed by atoms with E-state index < -0.39 is 48.5 Å². The highest BCUT2D eigenvalue weighted by Crippen LogP contribution is 2.36. The molecule has 0 bridgehead atoms. The number of carbonyl (C=O) groups excluding carboxylic acids is 2. The van der Waals surface area contributed by atoms with E-state index in [2.05, 4.69) is 11.3 Å². The lowest BCUT2D eigenvalue weighted by Crippen LogP contribution is -2.78. The van der Waals surface area contributed by atoms with Crippen LogP contribution in [0.1, 0.15) is 20.3 Å². The van der Waals surface area contributed by atoms with E-state index in [0.717, 1.165) is 12.1 Å². The molecule has 1 amide bonds. The Morgan fingerprint density at radius 3 is 2.57 bits per heavy atom. The van der Waals surface area contributed by atoms with Crippen LogP contribution in [-0.4, -0.2) is 54.8 Å². The Morgan fingerprint density at radius 1 is 1.46 bits per heavy atom. The molecule has 10 nitrogen and oxygen atoms in total. The molecule has 1 N–H and O–H groups in total. The Labute approximate surface area is 162 Å². The number of para-hydroxylation sites is 1. The molecule has 1 aromatic rings. The van der Waals surface area contributed by atoms with Crippen molar-refractivity contribution in [1.82, 2.24) is 9.62 Å². The topological polar surface area (TPSA) is 136 Å². The molecule has 0 spiro atoms. The molecule has 11 heteroatoms. The maximum absolute atomic E-state index is 12.9. The van der Waals surface area contributed by atoms with Gasteiger partial charge in [0.15, 0.2) is 4.90 Å². The van der Waals surface area contributed by atoms with Crippen LogP contribution in [0.15, 0.2) is 41.8 Å². The fourth-order valence-corrected chi connectivity index (χ4v) is 4.59. The van der Waals surface area contributed by atoms with Crippen LogP contribution in [0.4, 0.5) is 5.69 Å². The number of amides is 1. The molecule has 1 fully saturated rings. The van der Waals surface area contributed by atoms with E-state index in [9.17, 15) is 28.1 Å². The molecule has 1 aromatic carbocycles. The van der Waals surface area contributed by atoms with Gasteiger partial charge < -0.3 is 9.64 Å². The van der Waals surface area contributed by atoms with E-state index in [-0.39, 0.29) is 13.0 Å². The Hall–Kier alpha value is -2.79. The van der Waals surface area contributed by atoms with Gasteiger partial charge in [0.1, 0.15) is 11.1 Å². The van der Waals surface area contributed by atoms with Crippen LogP contribution in [0.3, 0.4) is 0 Å². The van der Waals surface area contributed by atoms with Crippen LogP contribution in [0, 0.1) is 10.1 Å². The van der Waals surface area contributed by atoms with Crippen LogP contribution in [0.2, 0.25) is 0 Å². The predicted octanol–water partition coefficient (Wildman–Crippen LogP) is 0.982. The van der Waals surface area contributed by atoms with Gasteiger partial charge in [0.05, 0.1) is 18.6 Å². The minimum Gasteiger partial charge on any atom is -0.467 e. The van der Waals surface area contributed by atoms with Gasteiger partial charge in [-0.2, -0.15) is 4.72 Å². The van der Waals surface area contributed by atoms with Gasteiger partial charge in [0, 0.05) is 6.07 Å². The first kappa shape index (κ1) is 21.5. The third-order valence-corrected chi connectivity index (χ3v) is 6.20. The number of hydrogen-bond acceptors (Lipinski definition) is 7. The van der Waals surface area contributed by atoms with Gasteiger partial charge in [-0.3, -0.25) is 14.9 Å². The molecule has 0 radical (unpaired) electrons. The van der Waals surface area contributed by atoms with Crippen LogP contribution < -0.4 is 4.72 Å². The lowest BCUT2D eigenvalue weighted by atomic mass is 9.82. The van der Waals surface area contributed by atoms with Crippen LogP contribution >= 0.6 is 0 Å². The molecule has 1 heterocycles. The van der Waals surface area contributed by atoms with Crippen molar-refractivity contribution in [3.8, 4) is 0 Å². The Balaban J connectivity index is 2.40. The number of rotatable bonds is 8. The van der Waals surface area contributed by atoms with Gasteiger partial charge in [-0.1, -0.05) is 18.2 Å². The predicted molar refractivity (Wildman–Crippen MR) is 98.8 cm³/mol. The average Bonchev–Trinajstić information content (AvgIpc) is 2.64. The molecular formula is C17H21N3O7S. The van der Waals surface area contributed by atoms with Gasteiger partial charge in [-0.05, 0) is 26.3 Å². The molecule has 152 valence electrons. The molecule has 0 aliphatic carbocycles. The van der Waals surface area contributed by atoms with E-state index in [1.54, 1.807) is 0 Å². The summed E-state index contributed by atoms with van der Waals surface area (Å²) in [5, 5.41) is 11.2. The first-order chi connectivity index (χ1) is 12.9. The number of nitro groups is 1. The number of likely N-dealkylation sites (tertiary alicyclic amines) is 1. The largest absolute Gasteiger partial charge is 0.467 e. The molecule has 1 saturated heterocycles. The summed E-state index contributed by atoms with van der Waals surface area (Å²) in [7, 11) is -3.22. The molecule has 2 rings (SSSR count). The van der Waals surface area contributed by atoms with Gasteiger partial charge in [0.25, 0.3) is 5.69 Å². The van der Waals surface area contributed by atoms with Gasteiger partial charge in [0.2, 0.25) is 15.9 Å². The minimum absolute atomic E-state index is 0.0561. The second-order valence-electron chi connectivity index (χ2n) is 6.85. The van der Waals surface area contributed by atoms with Crippen LogP contribution in [0.5, 0.6) is 0 Å². The first-order valence-electron chi connectivity index (χ1n) is 8.22. The van der Waals surface area contributed by atoms with E-state index >= 15 is 0 Å². The molecule has 1 aliphatic rings. The third kappa shape index (κ3) is 3.50. The average molecular weight is 411 g/mol. The van der Waals surface area contributed by atoms with Crippen molar-refractivity contribution >= 4 is 27.6 Å². The van der Waals surface area contributed by atoms with E-state index in [0.29, 0.717) is 0 Å². The highest BCUT2D eigenvalue weighted by molar-refractivity contribution is 7.89. The fourth-order valence-electron chi connectivity index (χ4n) is 3.05. The zero-order valence-corrected chi connectivity index (χ0v) is 16.5. The lowest BCUT2D eigenvalue weighted by molar-refractivity contribution is -0.387. The Bertz CT molecular complexity index is 942. The third-order valence-electron chi connectivity index (χ3n) is 4.62. The van der Waals surface area contributed by atoms with Gasteiger partial charge in [-0.15, -0.1) is 6.58 Å². The van der Waals surface area contributed by atoms with E-state index in [1.807, 2.05) is 0 Å². The summed E-state index contributed by atoms with van der Waals surface area (Å²) in [5.74, 6) is -1.31. The van der Waals surface area contributed by atoms with Gasteiger partial charge >= 0.3 is 5.97 Å². The zero-order valence-electron chi connectivity index (χ0n) is 15.7. The number of nitrogens with one attached hydrogen (secondary N) is 1. The summed E-state index contributed by atoms with van der Waals surface area (Å²) < 4.78 is 32.6. The summed E-state index contributed by atoms with van der Waals surface area (Å²) in [6, 6.07) is 4.83. The van der Waals surface area contributed by atoms with Crippen LogP contribution in [-0.2, 0) is 24.3 Å². The second kappa shape index (κ2) is 7.32. The van der Waals surface area contributed by atoms with Crippen LogP contribution in [0.25, 0.3) is 0 Å². The highest BCUT2D eigenvalue weighted by atomic mass is 32.2. The molecule has 28 heavy (non-hydrogen) atoms. The Kier molecular flexibility index (Phi) is 5.62. The number of carbonyl (C=O) groups is 2. The minimum atomic E-state index is -4.41. The van der Waals surface area contributed by atoms with Crippen molar-refractivity contribution in [1.29, 1.82) is 0 Å². The van der Waals surface area contributed by atoms with E-state index in [4.69, 9.17) is 4.74 Å². The number of β-lactam (4-membered cyclic amide) rings is 1. The van der Waals surface area contributed by atoms with Crippen molar-refractivity contribution in [2.45, 2.75) is 36.2 Å². The fraction of sp³-hybridized carbons (Fsp3) is 0.412. The summed E-state index contributed by atoms with van der Waals surface area (Å²) in [6.45, 7) is 6.37. The number of sulfonamides is 1. The number of esters is 1. The van der Waals surface area contributed by atoms with Crippen molar-refractivity contribution in [3.05, 3.63) is 47.0 Å². The lowest BCUT2D eigenvalue weighted by Gasteiger charge is -2.53. The zero-order chi connectivity index (χ0) is 21.3. The van der Waals surface area contributed by atoms with E-state index in [1.165, 1.54) is 44.1 Å². The van der Waals surface area contributed by atoms with Crippen molar-refractivity contribution in [2.24, 2.45) is 0 Å². The Morgan fingerprint density at radius 2 is 2.07 bits per heavy atom. The summed E-state index contributed by atoms with van der Waals surface area (Å²) in [5.41, 5.74) is -3.50. The molecule has 1 aliphatic heterocycles. The molecule has 0 saturated carbocycles. The number of ether oxygens (including phenoxy) is 1. The monoisotopic (exact) mass is 411 g/mol. The summed E-state index contributed by atoms with van der Waals surface area (Å²) >= 11 is 0. The quantitative estimate of drug-likeness (QED) is 0.221. The smallest absolute Gasteiger partial charge is 0.331 e. The number of methoxy groups -OCH3 is 1. The summed E-state index contributed by atoms with van der Waals surface area (Å²) in [4.78, 5) is 35.8. The highest BCUT2D eigenvalue weighted by Gasteiger charge is 2.59. The van der Waals surface area contributed by atoms with Crippen molar-refractivity contribution in [3.63, 3.8) is 0 Å². The standard InChI is InChI=1S/C17H21N3O7S/c1-5-10-17(11-19(14(17)21)16(2,3)15(22)27-4)18-28(25,26)13-9-7-6-8-12(13)20(23)24/h5-9,18H,1,10-11H2,2-4H3/t17-/m0/s1. The number of hydrogen-bond donors (Lipinski definition) is 1. The second-order valence-corrected chi connectivity index (χ2v) is 8.50. The number of nitrogens with zero attached hydrogens (tertiary/aromatic N) is 2. The van der Waals surface area contributed by atoms with Gasteiger partial charge in [-0.25, -0.2) is 13.2 Å². The number of benzene rings is 1. The summed E-state index contributed by atoms with van der Waals surface area (Å²) in [6.07, 6.45) is 1.31. The van der Waals surface area contributed by atoms with Crippen molar-refractivity contribution < 1.29 is 27.7 Å². The number of nitro benzene ring substituents is 1. The molecule has 1 atom stereocenters. The van der Waals surface area contributed by atoms with Crippen molar-refractivity contribution in [2.75, 3.05) is 13.7 Å². The first-order valence-corrected chi connectivity index (χ1v) is 9.70.